The maximum absolute atomic E-state index is 12.3. The van der Waals surface area contributed by atoms with E-state index in [1.54, 1.807) is 31.3 Å². The zero-order valence-corrected chi connectivity index (χ0v) is 11.7. The first-order valence-corrected chi connectivity index (χ1v) is 7.80. The summed E-state index contributed by atoms with van der Waals surface area (Å²) in [5.74, 6) is -0.121. The van der Waals surface area contributed by atoms with E-state index in [2.05, 4.69) is 5.32 Å². The molecule has 102 valence electrons. The highest BCUT2D eigenvalue weighted by Gasteiger charge is 2.29. The summed E-state index contributed by atoms with van der Waals surface area (Å²) in [5, 5.41) is 12.2. The number of nitriles is 1. The van der Waals surface area contributed by atoms with Crippen molar-refractivity contribution in [1.29, 1.82) is 5.26 Å². The van der Waals surface area contributed by atoms with E-state index < -0.39 is 10.0 Å². The van der Waals surface area contributed by atoms with E-state index in [1.165, 1.54) is 4.31 Å². The smallest absolute Gasteiger partial charge is 0.218 e. The fourth-order valence-electron chi connectivity index (χ4n) is 2.23. The highest BCUT2D eigenvalue weighted by atomic mass is 32.2. The molecule has 1 aliphatic rings. The van der Waals surface area contributed by atoms with Gasteiger partial charge in [-0.1, -0.05) is 18.2 Å². The largest absolute Gasteiger partial charge is 0.315 e. The minimum atomic E-state index is -3.39. The van der Waals surface area contributed by atoms with Crippen LogP contribution in [0.25, 0.3) is 0 Å². The Bertz CT molecular complexity index is 586. The number of sulfonamides is 1. The molecule has 1 unspecified atom stereocenters. The molecular formula is C13H17N3O2S. The maximum Gasteiger partial charge on any atom is 0.218 e. The van der Waals surface area contributed by atoms with Gasteiger partial charge in [-0.2, -0.15) is 5.26 Å². The van der Waals surface area contributed by atoms with Crippen molar-refractivity contribution >= 4 is 10.0 Å². The Morgan fingerprint density at radius 1 is 1.47 bits per heavy atom. The summed E-state index contributed by atoms with van der Waals surface area (Å²) in [6, 6.07) is 8.86. The van der Waals surface area contributed by atoms with Crippen LogP contribution in [-0.2, 0) is 15.8 Å². The SMILES string of the molecule is CN(C1CCNC1)S(=O)(=O)Cc1ccccc1C#N. The molecule has 0 bridgehead atoms. The van der Waals surface area contributed by atoms with E-state index in [0.717, 1.165) is 13.0 Å². The van der Waals surface area contributed by atoms with E-state index in [4.69, 9.17) is 5.26 Å². The zero-order chi connectivity index (χ0) is 13.9. The molecule has 1 aromatic carbocycles. The van der Waals surface area contributed by atoms with Gasteiger partial charge in [-0.15, -0.1) is 0 Å². The molecule has 0 radical (unpaired) electrons. The summed E-state index contributed by atoms with van der Waals surface area (Å²) < 4.78 is 26.1. The summed E-state index contributed by atoms with van der Waals surface area (Å²) in [6.45, 7) is 1.54. The lowest BCUT2D eigenvalue weighted by Crippen LogP contribution is -2.39. The van der Waals surface area contributed by atoms with Crippen molar-refractivity contribution in [2.24, 2.45) is 0 Å². The van der Waals surface area contributed by atoms with Crippen molar-refractivity contribution in [2.75, 3.05) is 20.1 Å². The molecule has 5 nitrogen and oxygen atoms in total. The summed E-state index contributed by atoms with van der Waals surface area (Å²) in [6.07, 6.45) is 0.829. The second-order valence-electron chi connectivity index (χ2n) is 4.69. The molecule has 0 spiro atoms. The average molecular weight is 279 g/mol. The molecule has 0 aliphatic carbocycles. The van der Waals surface area contributed by atoms with Crippen LogP contribution in [-0.4, -0.2) is 38.9 Å². The average Bonchev–Trinajstić information content (AvgIpc) is 2.91. The predicted molar refractivity (Wildman–Crippen MR) is 72.8 cm³/mol. The Balaban J connectivity index is 2.19. The van der Waals surface area contributed by atoms with Gasteiger partial charge in [0.05, 0.1) is 17.4 Å². The van der Waals surface area contributed by atoms with Gasteiger partial charge in [0.1, 0.15) is 0 Å². The molecule has 1 fully saturated rings. The Morgan fingerprint density at radius 3 is 2.84 bits per heavy atom. The lowest BCUT2D eigenvalue weighted by molar-refractivity contribution is 0.387. The first-order valence-electron chi connectivity index (χ1n) is 6.19. The van der Waals surface area contributed by atoms with Crippen LogP contribution in [0.1, 0.15) is 17.5 Å². The topological polar surface area (TPSA) is 73.2 Å². The van der Waals surface area contributed by atoms with Gasteiger partial charge in [0.15, 0.2) is 0 Å². The number of hydrogen-bond donors (Lipinski definition) is 1. The minimum absolute atomic E-state index is 0.0132. The van der Waals surface area contributed by atoms with Gasteiger partial charge < -0.3 is 5.32 Å². The van der Waals surface area contributed by atoms with Crippen LogP contribution < -0.4 is 5.32 Å². The predicted octanol–water partition coefficient (Wildman–Crippen LogP) is 0.682. The van der Waals surface area contributed by atoms with E-state index in [9.17, 15) is 8.42 Å². The second-order valence-corrected chi connectivity index (χ2v) is 6.72. The molecule has 1 saturated heterocycles. The van der Waals surface area contributed by atoms with Crippen molar-refractivity contribution in [2.45, 2.75) is 18.2 Å². The monoisotopic (exact) mass is 279 g/mol. The summed E-state index contributed by atoms with van der Waals surface area (Å²) in [5.41, 5.74) is 0.979. The number of benzene rings is 1. The lowest BCUT2D eigenvalue weighted by atomic mass is 10.1. The highest BCUT2D eigenvalue weighted by Crippen LogP contribution is 2.17. The van der Waals surface area contributed by atoms with Gasteiger partial charge in [-0.3, -0.25) is 0 Å². The van der Waals surface area contributed by atoms with Gasteiger partial charge in [0, 0.05) is 19.6 Å². The zero-order valence-electron chi connectivity index (χ0n) is 10.8. The van der Waals surface area contributed by atoms with Gasteiger partial charge in [0.25, 0.3) is 0 Å². The summed E-state index contributed by atoms with van der Waals surface area (Å²) in [4.78, 5) is 0. The molecule has 0 aromatic heterocycles. The first kappa shape index (κ1) is 14.0. The Hall–Kier alpha value is -1.42. The minimum Gasteiger partial charge on any atom is -0.315 e. The standard InChI is InChI=1S/C13H17N3O2S/c1-16(13-6-7-15-9-13)19(17,18)10-12-5-3-2-4-11(12)8-14/h2-5,13,15H,6-7,9-10H2,1H3. The van der Waals surface area contributed by atoms with Crippen molar-refractivity contribution < 1.29 is 8.42 Å². The van der Waals surface area contributed by atoms with Gasteiger partial charge in [-0.05, 0) is 24.6 Å². The van der Waals surface area contributed by atoms with E-state index in [0.29, 0.717) is 17.7 Å². The highest BCUT2D eigenvalue weighted by molar-refractivity contribution is 7.88. The van der Waals surface area contributed by atoms with E-state index in [-0.39, 0.29) is 11.8 Å². The van der Waals surface area contributed by atoms with Crippen LogP contribution in [0.5, 0.6) is 0 Å². The van der Waals surface area contributed by atoms with E-state index >= 15 is 0 Å². The number of nitrogens with one attached hydrogen (secondary N) is 1. The van der Waals surface area contributed by atoms with Crippen molar-refractivity contribution in [1.82, 2.24) is 9.62 Å². The van der Waals surface area contributed by atoms with Crippen LogP contribution in [0.4, 0.5) is 0 Å². The number of nitrogens with zero attached hydrogens (tertiary/aromatic N) is 2. The second kappa shape index (κ2) is 5.70. The third-order valence-corrected chi connectivity index (χ3v) is 5.31. The molecular weight excluding hydrogens is 262 g/mol. The molecule has 1 heterocycles. The van der Waals surface area contributed by atoms with Crippen molar-refractivity contribution in [3.05, 3.63) is 35.4 Å². The lowest BCUT2D eigenvalue weighted by Gasteiger charge is -2.23. The fraction of sp³-hybridized carbons (Fsp3) is 0.462. The number of hydrogen-bond acceptors (Lipinski definition) is 4. The van der Waals surface area contributed by atoms with Crippen molar-refractivity contribution in [3.63, 3.8) is 0 Å². The number of rotatable bonds is 4. The van der Waals surface area contributed by atoms with Gasteiger partial charge in [-0.25, -0.2) is 12.7 Å². The van der Waals surface area contributed by atoms with Crippen molar-refractivity contribution in [3.8, 4) is 6.07 Å². The van der Waals surface area contributed by atoms with Crippen LogP contribution in [0.3, 0.4) is 0 Å². The molecule has 0 amide bonds. The Kier molecular flexibility index (Phi) is 4.20. The van der Waals surface area contributed by atoms with Gasteiger partial charge in [0.2, 0.25) is 10.0 Å². The van der Waals surface area contributed by atoms with Crippen LogP contribution >= 0.6 is 0 Å². The molecule has 1 aliphatic heterocycles. The fourth-order valence-corrected chi connectivity index (χ4v) is 3.71. The summed E-state index contributed by atoms with van der Waals surface area (Å²) >= 11 is 0. The van der Waals surface area contributed by atoms with Gasteiger partial charge >= 0.3 is 0 Å². The van der Waals surface area contributed by atoms with Crippen LogP contribution in [0.2, 0.25) is 0 Å². The molecule has 2 rings (SSSR count). The normalized spacial score (nSPS) is 19.5. The molecule has 1 aromatic rings. The molecule has 1 atom stereocenters. The first-order chi connectivity index (χ1) is 9.04. The number of likely N-dealkylation sites (N-methyl/N-ethyl adjacent to an activating group) is 1. The van der Waals surface area contributed by atoms with E-state index in [1.807, 2.05) is 6.07 Å². The third kappa shape index (κ3) is 3.13. The molecule has 1 N–H and O–H groups in total. The third-order valence-electron chi connectivity index (χ3n) is 3.46. The molecule has 6 heteroatoms. The molecule has 0 saturated carbocycles. The quantitative estimate of drug-likeness (QED) is 0.879. The Morgan fingerprint density at radius 2 is 2.21 bits per heavy atom. The van der Waals surface area contributed by atoms with Crippen LogP contribution in [0, 0.1) is 11.3 Å². The molecule has 19 heavy (non-hydrogen) atoms. The van der Waals surface area contributed by atoms with Crippen LogP contribution in [0.15, 0.2) is 24.3 Å². The maximum atomic E-state index is 12.3. The Labute approximate surface area is 113 Å². The summed E-state index contributed by atoms with van der Waals surface area (Å²) in [7, 11) is -1.77.